The van der Waals surface area contributed by atoms with Crippen molar-refractivity contribution in [1.82, 2.24) is 9.80 Å². The van der Waals surface area contributed by atoms with Gasteiger partial charge < -0.3 is 0 Å². The van der Waals surface area contributed by atoms with E-state index >= 15 is 0 Å². The van der Waals surface area contributed by atoms with Crippen molar-refractivity contribution in [3.05, 3.63) is 35.9 Å². The van der Waals surface area contributed by atoms with E-state index in [1.165, 1.54) is 25.2 Å². The van der Waals surface area contributed by atoms with Crippen LogP contribution in [0.5, 0.6) is 0 Å². The second-order valence-electron chi connectivity index (χ2n) is 5.20. The second-order valence-corrected chi connectivity index (χ2v) is 5.20. The van der Waals surface area contributed by atoms with Crippen molar-refractivity contribution in [1.29, 1.82) is 0 Å². The van der Waals surface area contributed by atoms with E-state index in [9.17, 15) is 0 Å². The topological polar surface area (TPSA) is 6.48 Å². The van der Waals surface area contributed by atoms with Crippen LogP contribution in [0.15, 0.2) is 30.3 Å². The van der Waals surface area contributed by atoms with Crippen LogP contribution in [0.1, 0.15) is 26.3 Å². The number of likely N-dealkylation sites (N-methyl/N-ethyl adjacent to an activating group) is 1. The lowest BCUT2D eigenvalue weighted by atomic mass is 10.1. The van der Waals surface area contributed by atoms with Gasteiger partial charge in [-0.3, -0.25) is 9.80 Å². The number of benzene rings is 1. The molecule has 0 aromatic heterocycles. The first-order valence-electron chi connectivity index (χ1n) is 6.72. The fourth-order valence-electron chi connectivity index (χ4n) is 2.75. The summed E-state index contributed by atoms with van der Waals surface area (Å²) in [7, 11) is 0. The summed E-state index contributed by atoms with van der Waals surface area (Å²) < 4.78 is 0. The first-order valence-corrected chi connectivity index (χ1v) is 6.72. The Hall–Kier alpha value is -0.860. The minimum Gasteiger partial charge on any atom is -0.298 e. The molecule has 1 fully saturated rings. The summed E-state index contributed by atoms with van der Waals surface area (Å²) >= 11 is 0. The van der Waals surface area contributed by atoms with Gasteiger partial charge in [-0.05, 0) is 26.0 Å². The number of piperazine rings is 1. The molecule has 2 heteroatoms. The predicted molar refractivity (Wildman–Crippen MR) is 73.0 cm³/mol. The van der Waals surface area contributed by atoms with Crippen LogP contribution < -0.4 is 0 Å². The van der Waals surface area contributed by atoms with E-state index in [4.69, 9.17) is 0 Å². The van der Waals surface area contributed by atoms with Gasteiger partial charge in [-0.2, -0.15) is 0 Å². The van der Waals surface area contributed by atoms with Crippen molar-refractivity contribution in [3.8, 4) is 0 Å². The molecule has 0 aliphatic carbocycles. The van der Waals surface area contributed by atoms with E-state index in [2.05, 4.69) is 60.9 Å². The van der Waals surface area contributed by atoms with E-state index in [1.54, 1.807) is 0 Å². The van der Waals surface area contributed by atoms with E-state index in [-0.39, 0.29) is 0 Å². The van der Waals surface area contributed by atoms with Gasteiger partial charge in [0.1, 0.15) is 0 Å². The van der Waals surface area contributed by atoms with E-state index in [1.807, 2.05) is 0 Å². The zero-order chi connectivity index (χ0) is 12.3. The van der Waals surface area contributed by atoms with Crippen LogP contribution in [-0.4, -0.2) is 41.5 Å². The zero-order valence-electron chi connectivity index (χ0n) is 11.3. The molecule has 1 aliphatic rings. The number of hydrogen-bond donors (Lipinski definition) is 0. The maximum Gasteiger partial charge on any atom is 0.0237 e. The molecule has 1 aromatic rings. The van der Waals surface area contributed by atoms with E-state index < -0.39 is 0 Å². The van der Waals surface area contributed by atoms with Crippen LogP contribution in [0.3, 0.4) is 0 Å². The molecular formula is C15H24N2. The normalized spacial score (nSPS) is 27.2. The number of hydrogen-bond acceptors (Lipinski definition) is 2. The molecular weight excluding hydrogens is 208 g/mol. The second kappa shape index (κ2) is 5.65. The first kappa shape index (κ1) is 12.6. The van der Waals surface area contributed by atoms with Crippen molar-refractivity contribution < 1.29 is 0 Å². The third-order valence-corrected chi connectivity index (χ3v) is 3.88. The zero-order valence-corrected chi connectivity index (χ0v) is 11.3. The van der Waals surface area contributed by atoms with Gasteiger partial charge in [0, 0.05) is 31.7 Å². The molecule has 1 aliphatic heterocycles. The lowest BCUT2D eigenvalue weighted by Gasteiger charge is -2.43. The summed E-state index contributed by atoms with van der Waals surface area (Å²) in [4.78, 5) is 5.18. The molecule has 1 saturated heterocycles. The fourth-order valence-corrected chi connectivity index (χ4v) is 2.75. The largest absolute Gasteiger partial charge is 0.298 e. The van der Waals surface area contributed by atoms with Crippen LogP contribution in [0.2, 0.25) is 0 Å². The Balaban J connectivity index is 1.98. The van der Waals surface area contributed by atoms with Crippen LogP contribution in [-0.2, 0) is 6.54 Å². The molecule has 2 atom stereocenters. The Morgan fingerprint density at radius 1 is 1.00 bits per heavy atom. The Bertz CT molecular complexity index is 336. The summed E-state index contributed by atoms with van der Waals surface area (Å²) in [5.74, 6) is 0. The first-order chi connectivity index (χ1) is 8.20. The molecule has 0 N–H and O–H groups in total. The lowest BCUT2D eigenvalue weighted by molar-refractivity contribution is 0.0412. The van der Waals surface area contributed by atoms with Gasteiger partial charge in [-0.25, -0.2) is 0 Å². The minimum atomic E-state index is 0.659. The Labute approximate surface area is 105 Å². The number of nitrogens with zero attached hydrogens (tertiary/aromatic N) is 2. The van der Waals surface area contributed by atoms with Crippen LogP contribution >= 0.6 is 0 Å². The van der Waals surface area contributed by atoms with E-state index in [0.717, 1.165) is 6.54 Å². The smallest absolute Gasteiger partial charge is 0.0237 e. The van der Waals surface area contributed by atoms with Crippen LogP contribution in [0.4, 0.5) is 0 Å². The highest BCUT2D eigenvalue weighted by Crippen LogP contribution is 2.17. The highest BCUT2D eigenvalue weighted by molar-refractivity contribution is 5.14. The van der Waals surface area contributed by atoms with Gasteiger partial charge >= 0.3 is 0 Å². The third kappa shape index (κ3) is 3.08. The summed E-state index contributed by atoms with van der Waals surface area (Å²) in [5, 5.41) is 0. The molecule has 0 amide bonds. The average molecular weight is 232 g/mol. The lowest BCUT2D eigenvalue weighted by Crippen LogP contribution is -2.55. The highest BCUT2D eigenvalue weighted by atomic mass is 15.3. The van der Waals surface area contributed by atoms with Crippen molar-refractivity contribution in [2.75, 3.05) is 19.6 Å². The molecule has 0 saturated carbocycles. The van der Waals surface area contributed by atoms with Crippen molar-refractivity contribution in [2.24, 2.45) is 0 Å². The molecule has 1 aromatic carbocycles. The summed E-state index contributed by atoms with van der Waals surface area (Å²) in [6.07, 6.45) is 0. The summed E-state index contributed by atoms with van der Waals surface area (Å²) in [5.41, 5.74) is 1.43. The Morgan fingerprint density at radius 2 is 1.59 bits per heavy atom. The SMILES string of the molecule is CCN1CC(C)N(Cc2ccccc2)CC1C. The quantitative estimate of drug-likeness (QED) is 0.790. The van der Waals surface area contributed by atoms with Gasteiger partial charge in [-0.15, -0.1) is 0 Å². The molecule has 2 unspecified atom stereocenters. The summed E-state index contributed by atoms with van der Waals surface area (Å²) in [6.45, 7) is 11.6. The molecule has 0 radical (unpaired) electrons. The molecule has 94 valence electrons. The monoisotopic (exact) mass is 232 g/mol. The van der Waals surface area contributed by atoms with Gasteiger partial charge in [0.25, 0.3) is 0 Å². The Kier molecular flexibility index (Phi) is 4.19. The van der Waals surface area contributed by atoms with Gasteiger partial charge in [0.15, 0.2) is 0 Å². The highest BCUT2D eigenvalue weighted by Gasteiger charge is 2.27. The molecule has 17 heavy (non-hydrogen) atoms. The standard InChI is InChI=1S/C15H24N2/c1-4-16-10-14(3)17(11-13(16)2)12-15-8-6-5-7-9-15/h5-9,13-14H,4,10-12H2,1-3H3. The van der Waals surface area contributed by atoms with Crippen molar-refractivity contribution in [2.45, 2.75) is 39.4 Å². The average Bonchev–Trinajstić information content (AvgIpc) is 2.34. The number of rotatable bonds is 3. The molecule has 1 heterocycles. The van der Waals surface area contributed by atoms with Gasteiger partial charge in [-0.1, -0.05) is 37.3 Å². The van der Waals surface area contributed by atoms with Crippen molar-refractivity contribution >= 4 is 0 Å². The van der Waals surface area contributed by atoms with Gasteiger partial charge in [0.05, 0.1) is 0 Å². The fraction of sp³-hybridized carbons (Fsp3) is 0.600. The van der Waals surface area contributed by atoms with E-state index in [0.29, 0.717) is 12.1 Å². The minimum absolute atomic E-state index is 0.659. The van der Waals surface area contributed by atoms with Crippen molar-refractivity contribution in [3.63, 3.8) is 0 Å². The maximum atomic E-state index is 2.60. The predicted octanol–water partition coefficient (Wildman–Crippen LogP) is 2.60. The summed E-state index contributed by atoms with van der Waals surface area (Å²) in [6, 6.07) is 12.1. The molecule has 0 bridgehead atoms. The maximum absolute atomic E-state index is 2.60. The third-order valence-electron chi connectivity index (χ3n) is 3.88. The molecule has 2 rings (SSSR count). The van der Waals surface area contributed by atoms with Crippen LogP contribution in [0, 0.1) is 0 Å². The van der Waals surface area contributed by atoms with Gasteiger partial charge in [0.2, 0.25) is 0 Å². The van der Waals surface area contributed by atoms with Crippen LogP contribution in [0.25, 0.3) is 0 Å². The Morgan fingerprint density at radius 3 is 2.24 bits per heavy atom. The molecule has 0 spiro atoms. The molecule has 2 nitrogen and oxygen atoms in total.